The first-order valence-electron chi connectivity index (χ1n) is 7.19. The first kappa shape index (κ1) is 15.0. The van der Waals surface area contributed by atoms with Crippen molar-refractivity contribution in [1.29, 1.82) is 0 Å². The summed E-state index contributed by atoms with van der Waals surface area (Å²) in [5.74, 6) is 1.06. The molecule has 1 N–H and O–H groups in total. The topological polar surface area (TPSA) is 59.8 Å². The minimum atomic E-state index is -0.336. The Hall–Kier alpha value is -1.89. The summed E-state index contributed by atoms with van der Waals surface area (Å²) in [4.78, 5) is 11.7. The number of hydrogen-bond acceptors (Lipinski definition) is 4. The lowest BCUT2D eigenvalue weighted by Crippen LogP contribution is -2.27. The Morgan fingerprint density at radius 3 is 2.91 bits per heavy atom. The second kappa shape index (κ2) is 6.48. The standard InChI is InChI=1S/C15H17FN4OS/c1-20-14(11-4-2-3-5-12(11)16)18-19-15(20)22-9-13(21)17-8-10-6-7-10/h2-5,10H,6-9H2,1H3,(H,17,21). The molecule has 0 unspecified atom stereocenters. The molecule has 1 fully saturated rings. The SMILES string of the molecule is Cn1c(SCC(=O)NCC2CC2)nnc1-c1ccccc1F. The van der Waals surface area contributed by atoms with Crippen LogP contribution in [0.25, 0.3) is 11.4 Å². The summed E-state index contributed by atoms with van der Waals surface area (Å²) in [7, 11) is 1.77. The van der Waals surface area contributed by atoms with Gasteiger partial charge >= 0.3 is 0 Å². The molecule has 22 heavy (non-hydrogen) atoms. The molecular weight excluding hydrogens is 303 g/mol. The van der Waals surface area contributed by atoms with Crippen molar-refractivity contribution in [3.63, 3.8) is 0 Å². The molecular formula is C15H17FN4OS. The van der Waals surface area contributed by atoms with Crippen molar-refractivity contribution in [1.82, 2.24) is 20.1 Å². The van der Waals surface area contributed by atoms with Gasteiger partial charge in [0.1, 0.15) is 5.82 Å². The molecule has 1 amide bonds. The number of thioether (sulfide) groups is 1. The molecule has 3 rings (SSSR count). The first-order valence-corrected chi connectivity index (χ1v) is 8.17. The van der Waals surface area contributed by atoms with Crippen molar-refractivity contribution in [3.8, 4) is 11.4 Å². The second-order valence-electron chi connectivity index (χ2n) is 5.38. The number of amides is 1. The van der Waals surface area contributed by atoms with Crippen LogP contribution in [0.2, 0.25) is 0 Å². The number of halogens is 1. The van der Waals surface area contributed by atoms with E-state index in [2.05, 4.69) is 15.5 Å². The van der Waals surface area contributed by atoms with E-state index < -0.39 is 0 Å². The normalized spacial score (nSPS) is 14.1. The van der Waals surface area contributed by atoms with Gasteiger partial charge in [-0.05, 0) is 30.9 Å². The van der Waals surface area contributed by atoms with Crippen molar-refractivity contribution >= 4 is 17.7 Å². The molecule has 1 saturated carbocycles. The Labute approximate surface area is 132 Å². The monoisotopic (exact) mass is 320 g/mol. The van der Waals surface area contributed by atoms with Crippen molar-refractivity contribution in [3.05, 3.63) is 30.1 Å². The van der Waals surface area contributed by atoms with Gasteiger partial charge in [-0.15, -0.1) is 10.2 Å². The largest absolute Gasteiger partial charge is 0.355 e. The van der Waals surface area contributed by atoms with Crippen LogP contribution in [-0.4, -0.2) is 33.0 Å². The first-order chi connectivity index (χ1) is 10.6. The molecule has 1 aliphatic carbocycles. The number of carbonyl (C=O) groups is 1. The molecule has 0 spiro atoms. The summed E-state index contributed by atoms with van der Waals surface area (Å²) in [6.45, 7) is 0.763. The molecule has 0 atom stereocenters. The van der Waals surface area contributed by atoms with Gasteiger partial charge in [0.05, 0.1) is 11.3 Å². The maximum absolute atomic E-state index is 13.8. The highest BCUT2D eigenvalue weighted by atomic mass is 32.2. The third-order valence-corrected chi connectivity index (χ3v) is 4.59. The third-order valence-electron chi connectivity index (χ3n) is 3.57. The van der Waals surface area contributed by atoms with E-state index in [1.807, 2.05) is 0 Å². The van der Waals surface area contributed by atoms with Crippen molar-refractivity contribution in [2.24, 2.45) is 13.0 Å². The number of nitrogens with zero attached hydrogens (tertiary/aromatic N) is 3. The minimum Gasteiger partial charge on any atom is -0.355 e. The van der Waals surface area contributed by atoms with Gasteiger partial charge in [0.25, 0.3) is 0 Å². The molecule has 0 aliphatic heterocycles. The second-order valence-corrected chi connectivity index (χ2v) is 6.32. The minimum absolute atomic E-state index is 0.00709. The van der Waals surface area contributed by atoms with Gasteiger partial charge < -0.3 is 9.88 Å². The van der Waals surface area contributed by atoms with Gasteiger partial charge in [-0.25, -0.2) is 4.39 Å². The molecule has 1 aromatic heterocycles. The van der Waals surface area contributed by atoms with Crippen LogP contribution in [0.1, 0.15) is 12.8 Å². The Morgan fingerprint density at radius 1 is 1.41 bits per heavy atom. The van der Waals surface area contributed by atoms with Gasteiger partial charge in [0, 0.05) is 13.6 Å². The number of rotatable bonds is 6. The molecule has 0 bridgehead atoms. The molecule has 0 saturated heterocycles. The Bertz CT molecular complexity index is 684. The van der Waals surface area contributed by atoms with Crippen LogP contribution in [0, 0.1) is 11.7 Å². The molecule has 116 valence electrons. The average molecular weight is 320 g/mol. The van der Waals surface area contributed by atoms with Crippen LogP contribution in [0.3, 0.4) is 0 Å². The third kappa shape index (κ3) is 3.47. The van der Waals surface area contributed by atoms with Crippen LogP contribution in [-0.2, 0) is 11.8 Å². The fourth-order valence-electron chi connectivity index (χ4n) is 2.08. The van der Waals surface area contributed by atoms with E-state index in [1.165, 1.54) is 30.7 Å². The zero-order chi connectivity index (χ0) is 15.5. The molecule has 0 radical (unpaired) electrons. The predicted octanol–water partition coefficient (Wildman–Crippen LogP) is 2.24. The van der Waals surface area contributed by atoms with Crippen LogP contribution in [0.5, 0.6) is 0 Å². The fraction of sp³-hybridized carbons (Fsp3) is 0.400. The summed E-state index contributed by atoms with van der Waals surface area (Å²) in [5, 5.41) is 11.6. The van der Waals surface area contributed by atoms with Crippen molar-refractivity contribution in [2.75, 3.05) is 12.3 Å². The summed E-state index contributed by atoms with van der Waals surface area (Å²) < 4.78 is 15.5. The quantitative estimate of drug-likeness (QED) is 0.829. The van der Waals surface area contributed by atoms with E-state index >= 15 is 0 Å². The van der Waals surface area contributed by atoms with Gasteiger partial charge in [-0.3, -0.25) is 4.79 Å². The van der Waals surface area contributed by atoms with E-state index in [-0.39, 0.29) is 17.5 Å². The Morgan fingerprint density at radius 2 is 2.18 bits per heavy atom. The molecule has 5 nitrogen and oxygen atoms in total. The van der Waals surface area contributed by atoms with Crippen LogP contribution in [0.15, 0.2) is 29.4 Å². The number of nitrogens with one attached hydrogen (secondary N) is 1. The van der Waals surface area contributed by atoms with Crippen LogP contribution in [0.4, 0.5) is 4.39 Å². The molecule has 1 aromatic carbocycles. The van der Waals surface area contributed by atoms with Crippen molar-refractivity contribution < 1.29 is 9.18 Å². The lowest BCUT2D eigenvalue weighted by Gasteiger charge is -2.05. The van der Waals surface area contributed by atoms with Crippen LogP contribution >= 0.6 is 11.8 Å². The average Bonchev–Trinajstić information content (AvgIpc) is 3.27. The highest BCUT2D eigenvalue weighted by molar-refractivity contribution is 7.99. The molecule has 1 heterocycles. The van der Waals surface area contributed by atoms with Gasteiger partial charge in [-0.1, -0.05) is 23.9 Å². The lowest BCUT2D eigenvalue weighted by atomic mass is 10.2. The maximum Gasteiger partial charge on any atom is 0.230 e. The number of benzene rings is 1. The Kier molecular flexibility index (Phi) is 4.42. The molecule has 2 aromatic rings. The highest BCUT2D eigenvalue weighted by Crippen LogP contribution is 2.28. The number of aromatic nitrogens is 3. The Balaban J connectivity index is 1.63. The van der Waals surface area contributed by atoms with Gasteiger partial charge in [-0.2, -0.15) is 0 Å². The van der Waals surface area contributed by atoms with Crippen molar-refractivity contribution in [2.45, 2.75) is 18.0 Å². The van der Waals surface area contributed by atoms with E-state index in [0.29, 0.717) is 22.5 Å². The molecule has 7 heteroatoms. The van der Waals surface area contributed by atoms with Gasteiger partial charge in [0.2, 0.25) is 5.91 Å². The highest BCUT2D eigenvalue weighted by Gasteiger charge is 2.22. The number of hydrogen-bond donors (Lipinski definition) is 1. The summed E-state index contributed by atoms with van der Waals surface area (Å²) in [5.41, 5.74) is 0.405. The van der Waals surface area contributed by atoms with E-state index in [0.717, 1.165) is 6.54 Å². The zero-order valence-corrected chi connectivity index (χ0v) is 13.1. The zero-order valence-electron chi connectivity index (χ0n) is 12.3. The van der Waals surface area contributed by atoms with E-state index in [9.17, 15) is 9.18 Å². The van der Waals surface area contributed by atoms with Crippen LogP contribution < -0.4 is 5.32 Å². The van der Waals surface area contributed by atoms with Gasteiger partial charge in [0.15, 0.2) is 11.0 Å². The smallest absolute Gasteiger partial charge is 0.230 e. The number of carbonyl (C=O) groups excluding carboxylic acids is 1. The molecule has 1 aliphatic rings. The van der Waals surface area contributed by atoms with E-state index in [4.69, 9.17) is 0 Å². The maximum atomic E-state index is 13.8. The fourth-order valence-corrected chi connectivity index (χ4v) is 2.82. The summed E-state index contributed by atoms with van der Waals surface area (Å²) in [6, 6.07) is 6.44. The summed E-state index contributed by atoms with van der Waals surface area (Å²) >= 11 is 1.30. The lowest BCUT2D eigenvalue weighted by molar-refractivity contribution is -0.118. The van der Waals surface area contributed by atoms with E-state index in [1.54, 1.807) is 29.8 Å². The summed E-state index contributed by atoms with van der Waals surface area (Å²) in [6.07, 6.45) is 2.42. The predicted molar refractivity (Wildman–Crippen MR) is 82.9 cm³/mol.